The maximum absolute atomic E-state index is 13.3. The van der Waals surface area contributed by atoms with Crippen LogP contribution in [0, 0.1) is 11.7 Å². The fourth-order valence-electron chi connectivity index (χ4n) is 4.09. The van der Waals surface area contributed by atoms with Crippen LogP contribution in [0.4, 0.5) is 10.1 Å². The summed E-state index contributed by atoms with van der Waals surface area (Å²) in [5.74, 6) is -3.06. The van der Waals surface area contributed by atoms with Crippen LogP contribution in [-0.4, -0.2) is 58.8 Å². The number of nitrogens with zero attached hydrogens (tertiary/aromatic N) is 3. The molecule has 34 heavy (non-hydrogen) atoms. The fourth-order valence-corrected chi connectivity index (χ4v) is 4.09. The van der Waals surface area contributed by atoms with Gasteiger partial charge in [-0.05, 0) is 62.4 Å². The van der Waals surface area contributed by atoms with Gasteiger partial charge in [0.1, 0.15) is 17.6 Å². The number of esters is 1. The van der Waals surface area contributed by atoms with Gasteiger partial charge < -0.3 is 19.4 Å². The van der Waals surface area contributed by atoms with Crippen molar-refractivity contribution in [3.63, 3.8) is 0 Å². The summed E-state index contributed by atoms with van der Waals surface area (Å²) in [6.07, 6.45) is 6.05. The van der Waals surface area contributed by atoms with E-state index in [0.29, 0.717) is 29.7 Å². The van der Waals surface area contributed by atoms with E-state index in [9.17, 15) is 14.0 Å². The molecule has 0 radical (unpaired) electrons. The maximum Gasteiger partial charge on any atom is 0.326 e. The van der Waals surface area contributed by atoms with E-state index in [2.05, 4.69) is 19.9 Å². The molecule has 0 aliphatic carbocycles. The molecule has 3 aromatic rings. The molecule has 174 valence electrons. The van der Waals surface area contributed by atoms with Crippen LogP contribution in [0.1, 0.15) is 18.4 Å². The van der Waals surface area contributed by atoms with Gasteiger partial charge in [-0.1, -0.05) is 0 Å². The maximum atomic E-state index is 13.3. The van der Waals surface area contributed by atoms with Gasteiger partial charge in [-0.25, -0.2) is 14.4 Å². The lowest BCUT2D eigenvalue weighted by molar-refractivity contribution is -0.154. The minimum Gasteiger partial charge on any atom is -0.461 e. The van der Waals surface area contributed by atoms with Gasteiger partial charge in [-0.15, -0.1) is 0 Å². The monoisotopic (exact) mass is 462 g/mol. The second kappa shape index (κ2) is 9.18. The smallest absolute Gasteiger partial charge is 0.326 e. The Morgan fingerprint density at radius 1 is 1.26 bits per heavy atom. The number of likely N-dealkylation sites (tertiary alicyclic amines) is 1. The summed E-state index contributed by atoms with van der Waals surface area (Å²) in [6, 6.07) is 9.04. The van der Waals surface area contributed by atoms with E-state index < -0.39 is 23.5 Å². The molecule has 9 heteroatoms. The largest absolute Gasteiger partial charge is 0.461 e. The zero-order chi connectivity index (χ0) is 23.7. The Kier molecular flexibility index (Phi) is 5.93. The molecule has 0 amide bonds. The van der Waals surface area contributed by atoms with E-state index in [1.165, 1.54) is 24.3 Å². The van der Waals surface area contributed by atoms with E-state index in [4.69, 9.17) is 9.47 Å². The fraction of sp³-hybridized carbons (Fsp3) is 0.280. The van der Waals surface area contributed by atoms with Gasteiger partial charge in [0.2, 0.25) is 11.7 Å². The number of rotatable bonds is 4. The lowest BCUT2D eigenvalue weighted by Gasteiger charge is -2.28. The number of halogens is 1. The molecule has 0 saturated carbocycles. The Labute approximate surface area is 195 Å². The third kappa shape index (κ3) is 4.47. The number of aromatic amines is 1. The summed E-state index contributed by atoms with van der Waals surface area (Å²) in [5.41, 5.74) is 1.72. The molecule has 5 rings (SSSR count). The van der Waals surface area contributed by atoms with Gasteiger partial charge in [-0.2, -0.15) is 0 Å². The van der Waals surface area contributed by atoms with Crippen molar-refractivity contribution >= 4 is 40.4 Å². The van der Waals surface area contributed by atoms with Crippen LogP contribution in [-0.2, 0) is 19.1 Å². The number of ether oxygens (including phenoxy) is 2. The Hall–Kier alpha value is -3.85. The van der Waals surface area contributed by atoms with E-state index >= 15 is 0 Å². The molecule has 1 atom stereocenters. The first-order chi connectivity index (χ1) is 16.5. The Morgan fingerprint density at radius 3 is 2.79 bits per heavy atom. The second-order valence-electron chi connectivity index (χ2n) is 8.42. The number of nitrogens with one attached hydrogen (secondary N) is 1. The van der Waals surface area contributed by atoms with Crippen molar-refractivity contribution < 1.29 is 23.5 Å². The van der Waals surface area contributed by atoms with Crippen molar-refractivity contribution in [3.05, 3.63) is 65.9 Å². The highest BCUT2D eigenvalue weighted by molar-refractivity contribution is 6.27. The zero-order valence-electron chi connectivity index (χ0n) is 18.5. The lowest BCUT2D eigenvalue weighted by atomic mass is 10.0. The number of H-pyrrole nitrogens is 1. The number of benzene rings is 1. The number of hydrogen-bond acceptors (Lipinski definition) is 7. The molecule has 1 aromatic carbocycles. The third-order valence-electron chi connectivity index (χ3n) is 5.99. The first-order valence-corrected chi connectivity index (χ1v) is 11.1. The number of allylic oxidation sites excluding steroid dienone is 1. The first-order valence-electron chi connectivity index (χ1n) is 11.1. The van der Waals surface area contributed by atoms with E-state index in [1.54, 1.807) is 24.5 Å². The summed E-state index contributed by atoms with van der Waals surface area (Å²) >= 11 is 0. The number of pyridine rings is 1. The summed E-state index contributed by atoms with van der Waals surface area (Å²) in [4.78, 5) is 40.2. The van der Waals surface area contributed by atoms with Crippen LogP contribution in [0.3, 0.4) is 0 Å². The predicted molar refractivity (Wildman–Crippen MR) is 124 cm³/mol. The van der Waals surface area contributed by atoms with E-state index in [0.717, 1.165) is 18.5 Å². The standard InChI is InChI=1S/C25H23FN4O4/c1-30-11-8-18(9-12-30)33-25(32)21-22(31)20(13-15-14-28-23-19(15)3-2-10-27-23)34-24(21)29-17-6-4-16(26)5-7-17/h2-7,10,13-14,18,21H,8-9,11-12H2,1H3,(H,27,28)/b20-13-,29-24?. The highest BCUT2D eigenvalue weighted by atomic mass is 19.1. The van der Waals surface area contributed by atoms with Crippen LogP contribution >= 0.6 is 0 Å². The highest BCUT2D eigenvalue weighted by Gasteiger charge is 2.45. The minimum absolute atomic E-state index is 0.0176. The molecule has 0 spiro atoms. The number of aliphatic imine (C=N–C) groups is 1. The Balaban J connectivity index is 1.46. The van der Waals surface area contributed by atoms with Crippen molar-refractivity contribution in [1.29, 1.82) is 0 Å². The molecular weight excluding hydrogens is 439 g/mol. The van der Waals surface area contributed by atoms with Gasteiger partial charge in [0.15, 0.2) is 11.7 Å². The quantitative estimate of drug-likeness (QED) is 0.361. The number of aromatic nitrogens is 2. The number of fused-ring (bicyclic) bond motifs is 1. The van der Waals surface area contributed by atoms with Gasteiger partial charge in [-0.3, -0.25) is 9.59 Å². The summed E-state index contributed by atoms with van der Waals surface area (Å²) < 4.78 is 24.8. The Bertz CT molecular complexity index is 1290. The SMILES string of the molecule is CN1CCC(OC(=O)C2C(=O)/C(=C/c3c[nH]c4ncccc34)OC2=Nc2ccc(F)cc2)CC1. The molecule has 2 aliphatic rings. The number of carbonyl (C=O) groups excluding carboxylic acids is 2. The van der Waals surface area contributed by atoms with E-state index in [1.807, 2.05) is 13.1 Å². The number of ketones is 1. The molecule has 1 N–H and O–H groups in total. The summed E-state index contributed by atoms with van der Waals surface area (Å²) in [5, 5.41) is 0.806. The van der Waals surface area contributed by atoms with Gasteiger partial charge >= 0.3 is 5.97 Å². The molecule has 8 nitrogen and oxygen atoms in total. The molecular formula is C25H23FN4O4. The lowest BCUT2D eigenvalue weighted by Crippen LogP contribution is -2.38. The van der Waals surface area contributed by atoms with Crippen molar-refractivity contribution in [2.24, 2.45) is 10.9 Å². The van der Waals surface area contributed by atoms with Crippen molar-refractivity contribution in [2.75, 3.05) is 20.1 Å². The molecule has 0 bridgehead atoms. The molecule has 2 aromatic heterocycles. The number of hydrogen-bond donors (Lipinski definition) is 1. The molecule has 2 aliphatic heterocycles. The Morgan fingerprint density at radius 2 is 2.03 bits per heavy atom. The molecule has 1 unspecified atom stereocenters. The van der Waals surface area contributed by atoms with Crippen molar-refractivity contribution in [2.45, 2.75) is 18.9 Å². The van der Waals surface area contributed by atoms with Gasteiger partial charge in [0.05, 0.1) is 5.69 Å². The number of carbonyl (C=O) groups is 2. The highest BCUT2D eigenvalue weighted by Crippen LogP contribution is 2.30. The van der Waals surface area contributed by atoms with Crippen LogP contribution < -0.4 is 0 Å². The van der Waals surface area contributed by atoms with Crippen LogP contribution in [0.15, 0.2) is 59.5 Å². The van der Waals surface area contributed by atoms with Gasteiger partial charge in [0, 0.05) is 36.4 Å². The first kappa shape index (κ1) is 22.0. The molecule has 4 heterocycles. The van der Waals surface area contributed by atoms with E-state index in [-0.39, 0.29) is 17.8 Å². The molecule has 2 saturated heterocycles. The molecule has 2 fully saturated rings. The van der Waals surface area contributed by atoms with Crippen LogP contribution in [0.2, 0.25) is 0 Å². The van der Waals surface area contributed by atoms with Crippen LogP contribution in [0.25, 0.3) is 17.1 Å². The summed E-state index contributed by atoms with van der Waals surface area (Å²) in [6.45, 7) is 1.62. The topological polar surface area (TPSA) is 96.9 Å². The van der Waals surface area contributed by atoms with Crippen molar-refractivity contribution in [1.82, 2.24) is 14.9 Å². The third-order valence-corrected chi connectivity index (χ3v) is 5.99. The summed E-state index contributed by atoms with van der Waals surface area (Å²) in [7, 11) is 2.01. The normalized spacial score (nSPS) is 21.9. The van der Waals surface area contributed by atoms with Crippen molar-refractivity contribution in [3.8, 4) is 0 Å². The van der Waals surface area contributed by atoms with Gasteiger partial charge in [0.25, 0.3) is 0 Å². The van der Waals surface area contributed by atoms with Crippen LogP contribution in [0.5, 0.6) is 0 Å². The number of piperidine rings is 1. The second-order valence-corrected chi connectivity index (χ2v) is 8.42. The predicted octanol–water partition coefficient (Wildman–Crippen LogP) is 3.63. The zero-order valence-corrected chi connectivity index (χ0v) is 18.5. The number of Topliss-reactive ketones (excluding diaryl/α,β-unsaturated/α-hetero) is 1. The average Bonchev–Trinajstić information content (AvgIpc) is 3.38. The minimum atomic E-state index is -1.32. The average molecular weight is 462 g/mol.